The lowest BCUT2D eigenvalue weighted by molar-refractivity contribution is -0.856. The van der Waals surface area contributed by atoms with E-state index in [1.807, 2.05) is 4.52 Å². The average Bonchev–Trinajstić information content (AvgIpc) is 2.85. The quantitative estimate of drug-likeness (QED) is 0.783. The summed E-state index contributed by atoms with van der Waals surface area (Å²) in [4.78, 5) is 10.3. The van der Waals surface area contributed by atoms with Crippen LogP contribution in [0.4, 0.5) is 5.82 Å². The number of aromatic nitrogens is 4. The van der Waals surface area contributed by atoms with Gasteiger partial charge in [0.05, 0.1) is 32.9 Å². The Morgan fingerprint density at radius 2 is 2.16 bits per heavy atom. The first-order valence-corrected chi connectivity index (χ1v) is 7.00. The van der Waals surface area contributed by atoms with E-state index in [2.05, 4.69) is 34.5 Å². The van der Waals surface area contributed by atoms with Gasteiger partial charge in [-0.1, -0.05) is 0 Å². The maximum Gasteiger partial charge on any atom is 0.254 e. The number of fused-ring (bicyclic) bond motifs is 2. The van der Waals surface area contributed by atoms with Crippen LogP contribution in [0.2, 0.25) is 0 Å². The molecular weight excluding hydrogens is 240 g/mol. The number of rotatable bonds is 4. The van der Waals surface area contributed by atoms with Gasteiger partial charge in [-0.2, -0.15) is 14.6 Å². The second-order valence-electron chi connectivity index (χ2n) is 5.45. The Hall–Kier alpha value is -1.69. The fourth-order valence-corrected chi connectivity index (χ4v) is 2.60. The number of anilines is 1. The zero-order valence-electron chi connectivity index (χ0n) is 11.6. The minimum Gasteiger partial charge on any atom is -0.364 e. The van der Waals surface area contributed by atoms with Crippen LogP contribution in [-0.2, 0) is 12.8 Å². The van der Waals surface area contributed by atoms with E-state index >= 15 is 0 Å². The molecule has 0 saturated heterocycles. The lowest BCUT2D eigenvalue weighted by Crippen LogP contribution is -3.06. The van der Waals surface area contributed by atoms with Gasteiger partial charge in [0, 0.05) is 5.56 Å². The lowest BCUT2D eigenvalue weighted by atomic mass is 9.96. The van der Waals surface area contributed by atoms with Crippen molar-refractivity contribution in [2.75, 3.05) is 32.5 Å². The highest BCUT2D eigenvalue weighted by Gasteiger charge is 2.19. The molecule has 0 fully saturated rings. The molecule has 0 spiro atoms. The Morgan fingerprint density at radius 1 is 1.32 bits per heavy atom. The van der Waals surface area contributed by atoms with Gasteiger partial charge >= 0.3 is 0 Å². The molecule has 0 saturated carbocycles. The molecule has 0 unspecified atom stereocenters. The zero-order chi connectivity index (χ0) is 13.2. The van der Waals surface area contributed by atoms with E-state index in [1.165, 1.54) is 29.0 Å². The molecule has 6 nitrogen and oxygen atoms in total. The Balaban J connectivity index is 1.96. The van der Waals surface area contributed by atoms with Gasteiger partial charge in [0.25, 0.3) is 5.78 Å². The molecule has 2 heterocycles. The largest absolute Gasteiger partial charge is 0.364 e. The number of nitrogens with zero attached hydrogens (tertiary/aromatic N) is 4. The fourth-order valence-electron chi connectivity index (χ4n) is 2.60. The number of aryl methyl sites for hydroxylation is 1. The molecule has 102 valence electrons. The molecule has 1 aliphatic carbocycles. The van der Waals surface area contributed by atoms with Crippen molar-refractivity contribution in [2.24, 2.45) is 0 Å². The van der Waals surface area contributed by atoms with E-state index in [4.69, 9.17) is 0 Å². The highest BCUT2D eigenvalue weighted by atomic mass is 15.4. The predicted molar refractivity (Wildman–Crippen MR) is 73.6 cm³/mol. The number of hydrogen-bond donors (Lipinski definition) is 2. The number of likely N-dealkylation sites (N-methyl/N-ethyl adjacent to an activating group) is 1. The van der Waals surface area contributed by atoms with Crippen molar-refractivity contribution >= 4 is 11.6 Å². The molecule has 0 radical (unpaired) electrons. The summed E-state index contributed by atoms with van der Waals surface area (Å²) in [5, 5.41) is 7.83. The second-order valence-corrected chi connectivity index (χ2v) is 5.45. The molecule has 2 aromatic heterocycles. The van der Waals surface area contributed by atoms with Crippen molar-refractivity contribution in [3.8, 4) is 0 Å². The van der Waals surface area contributed by atoms with E-state index in [0.717, 1.165) is 31.7 Å². The van der Waals surface area contributed by atoms with Crippen LogP contribution in [0.15, 0.2) is 6.33 Å². The third kappa shape index (κ3) is 2.40. The Labute approximate surface area is 112 Å². The third-order valence-electron chi connectivity index (χ3n) is 3.62. The summed E-state index contributed by atoms with van der Waals surface area (Å²) in [6.07, 6.45) is 6.20. The molecule has 1 aliphatic rings. The summed E-state index contributed by atoms with van der Waals surface area (Å²) in [7, 11) is 4.32. The highest BCUT2D eigenvalue weighted by Crippen LogP contribution is 2.26. The summed E-state index contributed by atoms with van der Waals surface area (Å²) in [6, 6.07) is 0. The van der Waals surface area contributed by atoms with Crippen LogP contribution in [0.5, 0.6) is 0 Å². The minimum absolute atomic E-state index is 0.709. The van der Waals surface area contributed by atoms with Crippen LogP contribution in [0, 0.1) is 0 Å². The molecule has 6 heteroatoms. The van der Waals surface area contributed by atoms with Gasteiger partial charge in [-0.3, -0.25) is 0 Å². The molecule has 3 rings (SSSR count). The van der Waals surface area contributed by atoms with E-state index < -0.39 is 0 Å². The lowest BCUT2D eigenvalue weighted by Gasteiger charge is -2.20. The Morgan fingerprint density at radius 3 is 3.00 bits per heavy atom. The van der Waals surface area contributed by atoms with Gasteiger partial charge in [-0.05, 0) is 25.7 Å². The molecular formula is C13H21N6+. The molecule has 0 amide bonds. The first kappa shape index (κ1) is 12.3. The molecule has 0 aliphatic heterocycles. The Kier molecular flexibility index (Phi) is 3.33. The highest BCUT2D eigenvalue weighted by molar-refractivity contribution is 5.53. The summed E-state index contributed by atoms with van der Waals surface area (Å²) in [6.45, 7) is 2.01. The van der Waals surface area contributed by atoms with Crippen molar-refractivity contribution in [1.82, 2.24) is 19.6 Å². The third-order valence-corrected chi connectivity index (χ3v) is 3.62. The van der Waals surface area contributed by atoms with E-state index in [0.29, 0.717) is 5.78 Å². The minimum atomic E-state index is 0.709. The van der Waals surface area contributed by atoms with Crippen LogP contribution in [0.1, 0.15) is 24.1 Å². The van der Waals surface area contributed by atoms with E-state index in [-0.39, 0.29) is 0 Å². The van der Waals surface area contributed by atoms with Crippen LogP contribution in [-0.4, -0.2) is 46.8 Å². The smallest absolute Gasteiger partial charge is 0.254 e. The molecule has 0 atom stereocenters. The van der Waals surface area contributed by atoms with Gasteiger partial charge in [-0.15, -0.1) is 0 Å². The molecule has 2 aromatic rings. The monoisotopic (exact) mass is 261 g/mol. The summed E-state index contributed by atoms with van der Waals surface area (Å²) in [5.41, 5.74) is 2.53. The van der Waals surface area contributed by atoms with Crippen molar-refractivity contribution < 1.29 is 4.90 Å². The number of nitrogens with one attached hydrogen (secondary N) is 2. The van der Waals surface area contributed by atoms with Crippen LogP contribution in [0.3, 0.4) is 0 Å². The second kappa shape index (κ2) is 5.13. The SMILES string of the molecule is C[NH+](C)CCNc1c2c(nc3ncnn13)CCCC2. The van der Waals surface area contributed by atoms with Crippen molar-refractivity contribution in [3.05, 3.63) is 17.6 Å². The van der Waals surface area contributed by atoms with Crippen molar-refractivity contribution in [2.45, 2.75) is 25.7 Å². The number of quaternary nitrogens is 1. The summed E-state index contributed by atoms with van der Waals surface area (Å²) in [5.74, 6) is 1.80. The number of hydrogen-bond acceptors (Lipinski definition) is 4. The van der Waals surface area contributed by atoms with E-state index in [9.17, 15) is 0 Å². The van der Waals surface area contributed by atoms with Gasteiger partial charge < -0.3 is 10.2 Å². The summed E-state index contributed by atoms with van der Waals surface area (Å²) >= 11 is 0. The molecule has 19 heavy (non-hydrogen) atoms. The maximum absolute atomic E-state index is 4.62. The van der Waals surface area contributed by atoms with Crippen molar-refractivity contribution in [3.63, 3.8) is 0 Å². The molecule has 0 aromatic carbocycles. The van der Waals surface area contributed by atoms with Gasteiger partial charge in [-0.25, -0.2) is 4.98 Å². The molecule has 0 bridgehead atoms. The maximum atomic E-state index is 4.62. The van der Waals surface area contributed by atoms with E-state index in [1.54, 1.807) is 6.33 Å². The normalized spacial score (nSPS) is 14.9. The molecule has 2 N–H and O–H groups in total. The van der Waals surface area contributed by atoms with Crippen LogP contribution < -0.4 is 10.2 Å². The standard InChI is InChI=1S/C13H20N6/c1-18(2)8-7-14-12-10-5-3-4-6-11(10)17-13-15-9-16-19(12)13/h9,14H,3-8H2,1-2H3/p+1. The first-order valence-electron chi connectivity index (χ1n) is 7.00. The van der Waals surface area contributed by atoms with Crippen LogP contribution in [0.25, 0.3) is 5.78 Å². The topological polar surface area (TPSA) is 59.5 Å². The zero-order valence-corrected chi connectivity index (χ0v) is 11.6. The Bertz CT molecular complexity index is 574. The van der Waals surface area contributed by atoms with Gasteiger partial charge in [0.1, 0.15) is 12.1 Å². The fraction of sp³-hybridized carbons (Fsp3) is 0.615. The van der Waals surface area contributed by atoms with Gasteiger partial charge in [0.2, 0.25) is 0 Å². The predicted octanol–water partition coefficient (Wildman–Crippen LogP) is -0.440. The average molecular weight is 261 g/mol. The van der Waals surface area contributed by atoms with Crippen LogP contribution >= 0.6 is 0 Å². The first-order chi connectivity index (χ1) is 9.25. The summed E-state index contributed by atoms with van der Waals surface area (Å²) < 4.78 is 1.84. The van der Waals surface area contributed by atoms with Gasteiger partial charge in [0.15, 0.2) is 0 Å². The van der Waals surface area contributed by atoms with Crippen molar-refractivity contribution in [1.29, 1.82) is 0 Å².